The Morgan fingerprint density at radius 2 is 1.46 bits per heavy atom. The maximum atomic E-state index is 13.5. The number of fused-ring (bicyclic) bond motifs is 1. The summed E-state index contributed by atoms with van der Waals surface area (Å²) in [5.74, 6) is -0.0489. The third-order valence-electron chi connectivity index (χ3n) is 7.41. The largest absolute Gasteiger partial charge is 0.457 e. The second kappa shape index (κ2) is 15.0. The smallest absolute Gasteiger partial charge is 0.272 e. The number of hydrogen-bond acceptors (Lipinski definition) is 5. The average molecular weight is 717 g/mol. The van der Waals surface area contributed by atoms with Gasteiger partial charge in [0.15, 0.2) is 0 Å². The molecule has 1 aromatic heterocycles. The van der Waals surface area contributed by atoms with E-state index < -0.39 is 11.8 Å². The molecule has 1 atom stereocenters. The van der Waals surface area contributed by atoms with Crippen LogP contribution in [-0.4, -0.2) is 23.0 Å². The summed E-state index contributed by atoms with van der Waals surface area (Å²) >= 11 is 4.85. The first-order valence-corrected chi connectivity index (χ1v) is 16.8. The molecule has 0 radical (unpaired) electrons. The summed E-state index contributed by atoms with van der Waals surface area (Å²) in [6, 6.07) is 40.8. The highest BCUT2D eigenvalue weighted by Gasteiger charge is 2.18. The quantitative estimate of drug-likeness (QED) is 0.0970. The van der Waals surface area contributed by atoms with Gasteiger partial charge in [-0.25, -0.2) is 0 Å². The number of rotatable bonds is 10. The van der Waals surface area contributed by atoms with Crippen LogP contribution in [0.1, 0.15) is 23.0 Å². The molecule has 48 heavy (non-hydrogen) atoms. The second-order valence-electron chi connectivity index (χ2n) is 10.8. The van der Waals surface area contributed by atoms with Gasteiger partial charge in [-0.3, -0.25) is 14.4 Å². The van der Waals surface area contributed by atoms with E-state index in [9.17, 15) is 14.4 Å². The first-order chi connectivity index (χ1) is 23.3. The lowest BCUT2D eigenvalue weighted by molar-refractivity contribution is -0.115. The van der Waals surface area contributed by atoms with Gasteiger partial charge in [0.05, 0.1) is 5.25 Å². The molecule has 9 heteroatoms. The molecular formula is C39H30BrN3O4S. The minimum atomic E-state index is -0.524. The van der Waals surface area contributed by atoms with Crippen LogP contribution in [0.15, 0.2) is 153 Å². The van der Waals surface area contributed by atoms with Crippen LogP contribution in [0.4, 0.5) is 11.4 Å². The van der Waals surface area contributed by atoms with Crippen LogP contribution in [0.3, 0.4) is 0 Å². The highest BCUT2D eigenvalue weighted by atomic mass is 79.9. The molecule has 0 aliphatic carbocycles. The molecule has 6 rings (SSSR count). The van der Waals surface area contributed by atoms with Gasteiger partial charge < -0.3 is 20.4 Å². The topological polar surface area (TPSA) is 100 Å². The fourth-order valence-corrected chi connectivity index (χ4v) is 6.06. The minimum Gasteiger partial charge on any atom is -0.457 e. The van der Waals surface area contributed by atoms with Crippen molar-refractivity contribution in [2.45, 2.75) is 17.1 Å². The molecule has 0 spiro atoms. The van der Waals surface area contributed by atoms with E-state index in [1.54, 1.807) is 42.5 Å². The molecule has 1 heterocycles. The molecular weight excluding hydrogens is 686 g/mol. The lowest BCUT2D eigenvalue weighted by atomic mass is 10.1. The maximum absolute atomic E-state index is 13.5. The van der Waals surface area contributed by atoms with Crippen molar-refractivity contribution in [2.24, 2.45) is 0 Å². The Bertz CT molecular complexity index is 2100. The summed E-state index contributed by atoms with van der Waals surface area (Å²) in [5, 5.41) is 10.3. The number of amides is 3. The SMILES string of the molecule is C[C@H](Sc1ccc(NC(=O)/C(=C/c2ccc(-c3ccc(Br)cc3)o2)NC(=O)c2ccccc2)cc1)C(=O)Nc1cccc2ccccc12. The second-order valence-corrected chi connectivity index (χ2v) is 13.2. The Morgan fingerprint density at radius 1 is 0.750 bits per heavy atom. The number of carbonyl (C=O) groups is 3. The zero-order chi connectivity index (χ0) is 33.5. The Balaban J connectivity index is 1.14. The summed E-state index contributed by atoms with van der Waals surface area (Å²) in [4.78, 5) is 40.5. The predicted octanol–water partition coefficient (Wildman–Crippen LogP) is 9.39. The van der Waals surface area contributed by atoms with Crippen molar-refractivity contribution in [2.75, 3.05) is 10.6 Å². The van der Waals surface area contributed by atoms with Crippen molar-refractivity contribution in [3.63, 3.8) is 0 Å². The van der Waals surface area contributed by atoms with E-state index >= 15 is 0 Å². The third kappa shape index (κ3) is 8.12. The zero-order valence-corrected chi connectivity index (χ0v) is 28.2. The number of hydrogen-bond donors (Lipinski definition) is 3. The highest BCUT2D eigenvalue weighted by molar-refractivity contribution is 9.10. The summed E-state index contributed by atoms with van der Waals surface area (Å²) < 4.78 is 6.95. The van der Waals surface area contributed by atoms with E-state index in [1.165, 1.54) is 17.8 Å². The zero-order valence-electron chi connectivity index (χ0n) is 25.8. The van der Waals surface area contributed by atoms with Crippen molar-refractivity contribution < 1.29 is 18.8 Å². The van der Waals surface area contributed by atoms with E-state index in [0.29, 0.717) is 22.8 Å². The Labute approximate surface area is 290 Å². The summed E-state index contributed by atoms with van der Waals surface area (Å²) in [7, 11) is 0. The summed E-state index contributed by atoms with van der Waals surface area (Å²) in [6.07, 6.45) is 1.50. The molecule has 6 aromatic rings. The van der Waals surface area contributed by atoms with Crippen LogP contribution in [0.2, 0.25) is 0 Å². The lowest BCUT2D eigenvalue weighted by Crippen LogP contribution is -2.30. The fraction of sp³-hybridized carbons (Fsp3) is 0.0513. The number of anilines is 2. The van der Waals surface area contributed by atoms with Crippen LogP contribution in [0.5, 0.6) is 0 Å². The minimum absolute atomic E-state index is 0.0118. The summed E-state index contributed by atoms with van der Waals surface area (Å²) in [6.45, 7) is 1.85. The van der Waals surface area contributed by atoms with E-state index in [2.05, 4.69) is 31.9 Å². The molecule has 7 nitrogen and oxygen atoms in total. The van der Waals surface area contributed by atoms with Gasteiger partial charge in [0.1, 0.15) is 17.2 Å². The first kappa shape index (κ1) is 32.6. The van der Waals surface area contributed by atoms with Gasteiger partial charge in [-0.05, 0) is 79.0 Å². The van der Waals surface area contributed by atoms with Crippen LogP contribution in [0, 0.1) is 0 Å². The fourth-order valence-electron chi connectivity index (χ4n) is 4.93. The Kier molecular flexibility index (Phi) is 10.2. The first-order valence-electron chi connectivity index (χ1n) is 15.1. The van der Waals surface area contributed by atoms with Crippen LogP contribution in [0.25, 0.3) is 28.2 Å². The number of benzene rings is 5. The number of carbonyl (C=O) groups excluding carboxylic acids is 3. The Hall–Kier alpha value is -5.38. The van der Waals surface area contributed by atoms with Gasteiger partial charge in [0.2, 0.25) is 5.91 Å². The van der Waals surface area contributed by atoms with Crippen LogP contribution < -0.4 is 16.0 Å². The molecule has 0 bridgehead atoms. The molecule has 0 fully saturated rings. The van der Waals surface area contributed by atoms with Gasteiger partial charge in [-0.1, -0.05) is 82.7 Å². The molecule has 3 N–H and O–H groups in total. The van der Waals surface area contributed by atoms with Crippen molar-refractivity contribution in [3.05, 3.63) is 155 Å². The van der Waals surface area contributed by atoms with Gasteiger partial charge in [0.25, 0.3) is 11.8 Å². The molecule has 3 amide bonds. The summed E-state index contributed by atoms with van der Waals surface area (Å²) in [5.41, 5.74) is 2.58. The van der Waals surface area contributed by atoms with Gasteiger partial charge in [-0.15, -0.1) is 11.8 Å². The van der Waals surface area contributed by atoms with Gasteiger partial charge >= 0.3 is 0 Å². The van der Waals surface area contributed by atoms with Crippen molar-refractivity contribution in [1.29, 1.82) is 0 Å². The Morgan fingerprint density at radius 3 is 2.23 bits per heavy atom. The number of furan rings is 1. The van der Waals surface area contributed by atoms with Crippen molar-refractivity contribution >= 4 is 73.6 Å². The normalized spacial score (nSPS) is 11.9. The van der Waals surface area contributed by atoms with Crippen molar-refractivity contribution in [1.82, 2.24) is 5.32 Å². The molecule has 5 aromatic carbocycles. The lowest BCUT2D eigenvalue weighted by Gasteiger charge is -2.14. The monoisotopic (exact) mass is 715 g/mol. The van der Waals surface area contributed by atoms with Crippen LogP contribution >= 0.6 is 27.7 Å². The molecule has 0 saturated heterocycles. The molecule has 0 saturated carbocycles. The molecule has 0 aliphatic heterocycles. The van der Waals surface area contributed by atoms with E-state index in [1.807, 2.05) is 97.9 Å². The van der Waals surface area contributed by atoms with E-state index in [0.717, 1.165) is 31.4 Å². The predicted molar refractivity (Wildman–Crippen MR) is 197 cm³/mol. The van der Waals surface area contributed by atoms with E-state index in [-0.39, 0.29) is 16.9 Å². The number of nitrogens with one attached hydrogen (secondary N) is 3. The average Bonchev–Trinajstić information content (AvgIpc) is 3.58. The number of thioether (sulfide) groups is 1. The third-order valence-corrected chi connectivity index (χ3v) is 9.05. The number of halogens is 1. The molecule has 0 unspecified atom stereocenters. The van der Waals surface area contributed by atoms with Crippen molar-refractivity contribution in [3.8, 4) is 11.3 Å². The van der Waals surface area contributed by atoms with E-state index in [4.69, 9.17) is 4.42 Å². The maximum Gasteiger partial charge on any atom is 0.272 e. The van der Waals surface area contributed by atoms with Crippen LogP contribution in [-0.2, 0) is 9.59 Å². The van der Waals surface area contributed by atoms with Gasteiger partial charge in [-0.2, -0.15) is 0 Å². The molecule has 238 valence electrons. The van der Waals surface area contributed by atoms with Gasteiger partial charge in [0, 0.05) is 43.3 Å². The molecule has 0 aliphatic rings. The highest BCUT2D eigenvalue weighted by Crippen LogP contribution is 2.29. The standard InChI is InChI=1S/C39H30BrN3O4S/c1-25(37(44)42-34-13-7-11-26-8-5-6-12-33(26)34)48-32-21-18-30(19-22-32)41-39(46)35(43-38(45)28-9-3-2-4-10-28)24-31-20-23-36(47-31)27-14-16-29(40)17-15-27/h2-25H,1H3,(H,41,46)(H,42,44)(H,43,45)/b35-24-/t25-/m0/s1.